The third-order valence-electron chi connectivity index (χ3n) is 3.25. The number of cyclic esters (lactones) is 1. The predicted octanol–water partition coefficient (Wildman–Crippen LogP) is 1.79. The van der Waals surface area contributed by atoms with Gasteiger partial charge in [0, 0.05) is 0 Å². The SMILES string of the molecule is COc1ccc2c(c1)C([OH2+])(c1ccccc1)OC2=O. The average Bonchev–Trinajstić information content (AvgIpc) is 2.72. The fourth-order valence-corrected chi connectivity index (χ4v) is 2.26. The van der Waals surface area contributed by atoms with Gasteiger partial charge in [-0.3, -0.25) is 0 Å². The van der Waals surface area contributed by atoms with E-state index in [0.717, 1.165) is 0 Å². The highest BCUT2D eigenvalue weighted by atomic mass is 16.7. The van der Waals surface area contributed by atoms with E-state index in [9.17, 15) is 4.79 Å². The number of esters is 1. The van der Waals surface area contributed by atoms with Crippen molar-refractivity contribution in [2.45, 2.75) is 5.79 Å². The molecule has 0 fully saturated rings. The van der Waals surface area contributed by atoms with Crippen LogP contribution < -0.4 is 4.74 Å². The van der Waals surface area contributed by atoms with Gasteiger partial charge in [-0.25, -0.2) is 4.79 Å². The van der Waals surface area contributed by atoms with Crippen LogP contribution in [-0.2, 0) is 10.5 Å². The van der Waals surface area contributed by atoms with Crippen molar-refractivity contribution in [3.8, 4) is 5.75 Å². The zero-order valence-corrected chi connectivity index (χ0v) is 10.3. The molecule has 19 heavy (non-hydrogen) atoms. The van der Waals surface area contributed by atoms with E-state index in [1.165, 1.54) is 0 Å². The summed E-state index contributed by atoms with van der Waals surface area (Å²) in [4.78, 5) is 11.9. The average molecular weight is 257 g/mol. The van der Waals surface area contributed by atoms with Gasteiger partial charge in [0.1, 0.15) is 11.3 Å². The van der Waals surface area contributed by atoms with Crippen molar-refractivity contribution in [1.29, 1.82) is 0 Å². The number of methoxy groups -OCH3 is 1. The van der Waals surface area contributed by atoms with Crippen molar-refractivity contribution in [3.05, 3.63) is 65.2 Å². The Bertz CT molecular complexity index is 636. The van der Waals surface area contributed by atoms with Crippen LogP contribution in [-0.4, -0.2) is 18.2 Å². The van der Waals surface area contributed by atoms with Crippen LogP contribution in [0.25, 0.3) is 0 Å². The number of carbonyl (C=O) groups is 1. The highest BCUT2D eigenvalue weighted by Crippen LogP contribution is 2.41. The van der Waals surface area contributed by atoms with Gasteiger partial charge in [-0.05, 0) is 30.3 Å². The number of rotatable bonds is 2. The van der Waals surface area contributed by atoms with Crippen molar-refractivity contribution in [2.75, 3.05) is 7.11 Å². The van der Waals surface area contributed by atoms with Crippen LogP contribution in [0.1, 0.15) is 21.5 Å². The van der Waals surface area contributed by atoms with Gasteiger partial charge in [0.2, 0.25) is 0 Å². The van der Waals surface area contributed by atoms with E-state index in [2.05, 4.69) is 0 Å². The zero-order valence-electron chi connectivity index (χ0n) is 10.3. The Morgan fingerprint density at radius 3 is 2.58 bits per heavy atom. The first-order valence-corrected chi connectivity index (χ1v) is 5.87. The first-order chi connectivity index (χ1) is 9.15. The van der Waals surface area contributed by atoms with Crippen molar-refractivity contribution >= 4 is 5.97 Å². The molecule has 0 bridgehead atoms. The van der Waals surface area contributed by atoms with Crippen molar-refractivity contribution < 1.29 is 19.4 Å². The van der Waals surface area contributed by atoms with Gasteiger partial charge in [-0.15, -0.1) is 0 Å². The minimum Gasteiger partial charge on any atom is -0.497 e. The van der Waals surface area contributed by atoms with Gasteiger partial charge >= 0.3 is 11.8 Å². The largest absolute Gasteiger partial charge is 0.497 e. The molecule has 1 atom stereocenters. The summed E-state index contributed by atoms with van der Waals surface area (Å²) in [6, 6.07) is 14.0. The summed E-state index contributed by atoms with van der Waals surface area (Å²) >= 11 is 0. The molecular formula is C15H13O4+. The van der Waals surface area contributed by atoms with Gasteiger partial charge in [0.15, 0.2) is 0 Å². The van der Waals surface area contributed by atoms with E-state index < -0.39 is 11.8 Å². The smallest absolute Gasteiger partial charge is 0.372 e. The lowest BCUT2D eigenvalue weighted by Gasteiger charge is -2.17. The second-order valence-corrected chi connectivity index (χ2v) is 4.35. The molecule has 4 nitrogen and oxygen atoms in total. The Kier molecular flexibility index (Phi) is 2.54. The first-order valence-electron chi connectivity index (χ1n) is 5.87. The van der Waals surface area contributed by atoms with E-state index in [1.54, 1.807) is 37.4 Å². The molecule has 1 unspecified atom stereocenters. The van der Waals surface area contributed by atoms with Gasteiger partial charge in [-0.1, -0.05) is 18.2 Å². The summed E-state index contributed by atoms with van der Waals surface area (Å²) in [5.41, 5.74) is 1.55. The zero-order chi connectivity index (χ0) is 13.5. The number of ether oxygens (including phenoxy) is 2. The predicted molar refractivity (Wildman–Crippen MR) is 69.2 cm³/mol. The Labute approximate surface area is 110 Å². The quantitative estimate of drug-likeness (QED) is 0.608. The van der Waals surface area contributed by atoms with Crippen LogP contribution in [0.4, 0.5) is 0 Å². The second-order valence-electron chi connectivity index (χ2n) is 4.35. The fourth-order valence-electron chi connectivity index (χ4n) is 2.26. The Morgan fingerprint density at radius 1 is 1.16 bits per heavy atom. The van der Waals surface area contributed by atoms with Crippen molar-refractivity contribution in [1.82, 2.24) is 0 Å². The lowest BCUT2D eigenvalue weighted by atomic mass is 9.95. The summed E-state index contributed by atoms with van der Waals surface area (Å²) in [6.07, 6.45) is 0. The maximum absolute atomic E-state index is 11.9. The topological polar surface area (TPSA) is 58.4 Å². The third-order valence-corrected chi connectivity index (χ3v) is 3.25. The molecule has 3 rings (SSSR count). The maximum atomic E-state index is 11.9. The molecular weight excluding hydrogens is 244 g/mol. The van der Waals surface area contributed by atoms with Crippen LogP contribution in [0.3, 0.4) is 0 Å². The molecule has 0 saturated carbocycles. The third kappa shape index (κ3) is 1.69. The number of hydrogen-bond donors (Lipinski definition) is 0. The van der Waals surface area contributed by atoms with Crippen LogP contribution in [0.15, 0.2) is 48.5 Å². The maximum Gasteiger partial charge on any atom is 0.372 e. The Balaban J connectivity index is 2.20. The number of fused-ring (bicyclic) bond motifs is 1. The Hall–Kier alpha value is -2.33. The number of carbonyl (C=O) groups excluding carboxylic acids is 1. The fraction of sp³-hybridized carbons (Fsp3) is 0.133. The summed E-state index contributed by atoms with van der Waals surface area (Å²) in [6.45, 7) is 0. The standard InChI is InChI=1S/C15H12O4/c1-18-11-7-8-12-13(9-11)15(17,19-14(12)16)10-5-3-2-4-6-10/h2-9,17H,1H3/p+1. The first kappa shape index (κ1) is 11.7. The molecule has 2 aromatic rings. The summed E-state index contributed by atoms with van der Waals surface area (Å²) in [5.74, 6) is -1.37. The van der Waals surface area contributed by atoms with Crippen LogP contribution in [0.5, 0.6) is 5.75 Å². The van der Waals surface area contributed by atoms with Crippen molar-refractivity contribution in [3.63, 3.8) is 0 Å². The normalized spacial score (nSPS) is 20.8. The summed E-state index contributed by atoms with van der Waals surface area (Å²) < 4.78 is 10.4. The molecule has 96 valence electrons. The van der Waals surface area contributed by atoms with E-state index in [1.807, 2.05) is 18.2 Å². The highest BCUT2D eigenvalue weighted by molar-refractivity contribution is 5.95. The summed E-state index contributed by atoms with van der Waals surface area (Å²) in [7, 11) is 1.55. The molecule has 2 aromatic carbocycles. The lowest BCUT2D eigenvalue weighted by Crippen LogP contribution is -2.27. The molecule has 0 radical (unpaired) electrons. The van der Waals surface area contributed by atoms with E-state index in [0.29, 0.717) is 22.4 Å². The molecule has 0 aliphatic carbocycles. The lowest BCUT2D eigenvalue weighted by molar-refractivity contribution is -0.129. The van der Waals surface area contributed by atoms with Gasteiger partial charge in [0.25, 0.3) is 0 Å². The second kappa shape index (κ2) is 4.10. The molecule has 4 heteroatoms. The van der Waals surface area contributed by atoms with Gasteiger partial charge in [-0.2, -0.15) is 0 Å². The molecule has 1 aliphatic rings. The number of hydrogen-bond acceptors (Lipinski definition) is 3. The Morgan fingerprint density at radius 2 is 1.89 bits per heavy atom. The van der Waals surface area contributed by atoms with Crippen LogP contribution in [0, 0.1) is 0 Å². The van der Waals surface area contributed by atoms with Crippen LogP contribution >= 0.6 is 0 Å². The molecule has 1 heterocycles. The van der Waals surface area contributed by atoms with E-state index in [-0.39, 0.29) is 0 Å². The minimum atomic E-state index is -1.50. The molecule has 1 aliphatic heterocycles. The molecule has 2 N–H and O–H groups in total. The molecule has 0 amide bonds. The molecule has 0 aromatic heterocycles. The van der Waals surface area contributed by atoms with Gasteiger partial charge < -0.3 is 14.6 Å². The highest BCUT2D eigenvalue weighted by Gasteiger charge is 2.50. The molecule has 0 saturated heterocycles. The van der Waals surface area contributed by atoms with E-state index in [4.69, 9.17) is 14.6 Å². The minimum absolute atomic E-state index is 0.416. The van der Waals surface area contributed by atoms with Crippen molar-refractivity contribution in [2.24, 2.45) is 0 Å². The van der Waals surface area contributed by atoms with Crippen LogP contribution in [0.2, 0.25) is 0 Å². The summed E-state index contributed by atoms with van der Waals surface area (Å²) in [5, 5.41) is 8.51. The van der Waals surface area contributed by atoms with Gasteiger partial charge in [0.05, 0.1) is 18.2 Å². The monoisotopic (exact) mass is 257 g/mol. The number of benzene rings is 2. The molecule has 0 spiro atoms. The van der Waals surface area contributed by atoms with E-state index >= 15 is 0 Å².